The first kappa shape index (κ1) is 16.2. The third kappa shape index (κ3) is 3.15. The highest BCUT2D eigenvalue weighted by molar-refractivity contribution is 6.07. The number of carbonyl (C=O) groups is 1. The summed E-state index contributed by atoms with van der Waals surface area (Å²) >= 11 is 0. The summed E-state index contributed by atoms with van der Waals surface area (Å²) < 4.78 is 5.26. The lowest BCUT2D eigenvalue weighted by Crippen LogP contribution is -2.20. The molecule has 0 spiro atoms. The zero-order valence-electron chi connectivity index (χ0n) is 14.1. The van der Waals surface area contributed by atoms with Gasteiger partial charge < -0.3 is 20.7 Å². The fraction of sp³-hybridized carbons (Fsp3) is 0.316. The molecule has 24 heavy (non-hydrogen) atoms. The number of anilines is 3. The van der Waals surface area contributed by atoms with Crippen molar-refractivity contribution in [1.29, 1.82) is 0 Å². The summed E-state index contributed by atoms with van der Waals surface area (Å²) in [6, 6.07) is 11.0. The van der Waals surface area contributed by atoms with Crippen molar-refractivity contribution in [2.45, 2.75) is 19.8 Å². The number of carbonyl (C=O) groups excluding carboxylic acids is 1. The molecule has 126 valence electrons. The Kier molecular flexibility index (Phi) is 4.60. The molecule has 5 nitrogen and oxygen atoms in total. The Labute approximate surface area is 142 Å². The highest BCUT2D eigenvalue weighted by atomic mass is 16.5. The van der Waals surface area contributed by atoms with E-state index in [4.69, 9.17) is 10.5 Å². The maximum absolute atomic E-state index is 12.6. The van der Waals surface area contributed by atoms with Crippen LogP contribution in [0.5, 0.6) is 5.75 Å². The number of nitrogens with zero attached hydrogens (tertiary/aromatic N) is 1. The Balaban J connectivity index is 1.89. The van der Waals surface area contributed by atoms with Crippen molar-refractivity contribution >= 4 is 23.0 Å². The van der Waals surface area contributed by atoms with E-state index in [9.17, 15) is 4.79 Å². The largest absolute Gasteiger partial charge is 0.496 e. The lowest BCUT2D eigenvalue weighted by Gasteiger charge is -2.22. The smallest absolute Gasteiger partial charge is 0.259 e. The van der Waals surface area contributed by atoms with Crippen molar-refractivity contribution in [2.75, 3.05) is 36.1 Å². The van der Waals surface area contributed by atoms with Crippen LogP contribution in [0.2, 0.25) is 0 Å². The molecule has 0 aromatic heterocycles. The van der Waals surface area contributed by atoms with Crippen molar-refractivity contribution in [3.63, 3.8) is 0 Å². The maximum atomic E-state index is 12.6. The van der Waals surface area contributed by atoms with E-state index in [1.807, 2.05) is 24.3 Å². The third-order valence-electron chi connectivity index (χ3n) is 4.41. The molecule has 1 amide bonds. The van der Waals surface area contributed by atoms with Gasteiger partial charge in [0.2, 0.25) is 0 Å². The SMILES string of the molecule is COc1ccccc1C(=O)Nc1cc(N2CCCC2)c(C)cc1N. The van der Waals surface area contributed by atoms with Gasteiger partial charge in [-0.2, -0.15) is 0 Å². The first-order valence-corrected chi connectivity index (χ1v) is 8.19. The van der Waals surface area contributed by atoms with E-state index >= 15 is 0 Å². The van der Waals surface area contributed by atoms with Gasteiger partial charge in [-0.15, -0.1) is 0 Å². The van der Waals surface area contributed by atoms with Crippen LogP contribution in [0.15, 0.2) is 36.4 Å². The molecule has 0 bridgehead atoms. The summed E-state index contributed by atoms with van der Waals surface area (Å²) in [5.41, 5.74) is 10.1. The van der Waals surface area contributed by atoms with E-state index in [0.29, 0.717) is 22.7 Å². The summed E-state index contributed by atoms with van der Waals surface area (Å²) in [6.07, 6.45) is 2.40. The molecule has 0 unspecified atom stereocenters. The lowest BCUT2D eigenvalue weighted by molar-refractivity contribution is 0.102. The van der Waals surface area contributed by atoms with E-state index in [1.54, 1.807) is 19.2 Å². The minimum Gasteiger partial charge on any atom is -0.496 e. The summed E-state index contributed by atoms with van der Waals surface area (Å²) in [4.78, 5) is 14.9. The van der Waals surface area contributed by atoms with Gasteiger partial charge in [-0.05, 0) is 49.6 Å². The highest BCUT2D eigenvalue weighted by Crippen LogP contribution is 2.32. The molecule has 2 aromatic carbocycles. The van der Waals surface area contributed by atoms with Crippen molar-refractivity contribution < 1.29 is 9.53 Å². The van der Waals surface area contributed by atoms with Gasteiger partial charge >= 0.3 is 0 Å². The monoisotopic (exact) mass is 325 g/mol. The molecule has 2 aromatic rings. The molecule has 1 fully saturated rings. The third-order valence-corrected chi connectivity index (χ3v) is 4.41. The number of nitrogens with one attached hydrogen (secondary N) is 1. The van der Waals surface area contributed by atoms with Gasteiger partial charge in [0.25, 0.3) is 5.91 Å². The second kappa shape index (κ2) is 6.83. The van der Waals surface area contributed by atoms with Crippen LogP contribution in [0.3, 0.4) is 0 Å². The number of rotatable bonds is 4. The van der Waals surface area contributed by atoms with Gasteiger partial charge in [-0.25, -0.2) is 0 Å². The zero-order chi connectivity index (χ0) is 17.1. The molecule has 0 atom stereocenters. The Hall–Kier alpha value is -2.69. The van der Waals surface area contributed by atoms with Gasteiger partial charge in [0, 0.05) is 18.8 Å². The molecular weight excluding hydrogens is 302 g/mol. The first-order chi connectivity index (χ1) is 11.6. The zero-order valence-corrected chi connectivity index (χ0v) is 14.1. The normalized spacial score (nSPS) is 13.8. The minimum absolute atomic E-state index is 0.227. The Morgan fingerprint density at radius 1 is 1.21 bits per heavy atom. The minimum atomic E-state index is -0.227. The van der Waals surface area contributed by atoms with Gasteiger partial charge in [-0.1, -0.05) is 12.1 Å². The van der Waals surface area contributed by atoms with E-state index in [2.05, 4.69) is 17.1 Å². The topological polar surface area (TPSA) is 67.6 Å². The van der Waals surface area contributed by atoms with Crippen molar-refractivity contribution in [3.8, 4) is 5.75 Å². The Bertz CT molecular complexity index is 752. The van der Waals surface area contributed by atoms with Crippen molar-refractivity contribution in [1.82, 2.24) is 0 Å². The van der Waals surface area contributed by atoms with Crippen LogP contribution < -0.4 is 20.7 Å². The molecule has 3 N–H and O–H groups in total. The average Bonchev–Trinajstić information content (AvgIpc) is 3.11. The van der Waals surface area contributed by atoms with Crippen LogP contribution in [-0.2, 0) is 0 Å². The van der Waals surface area contributed by atoms with Crippen LogP contribution in [0.1, 0.15) is 28.8 Å². The van der Waals surface area contributed by atoms with E-state index < -0.39 is 0 Å². The van der Waals surface area contributed by atoms with Crippen LogP contribution in [0, 0.1) is 6.92 Å². The standard InChI is InChI=1S/C19H23N3O2/c1-13-11-15(20)16(12-17(13)22-9-5-6-10-22)21-19(23)14-7-3-4-8-18(14)24-2/h3-4,7-8,11-12H,5-6,9-10,20H2,1-2H3,(H,21,23). The van der Waals surface area contributed by atoms with Gasteiger partial charge in [0.05, 0.1) is 24.0 Å². The molecule has 3 rings (SSSR count). The maximum Gasteiger partial charge on any atom is 0.259 e. The van der Waals surface area contributed by atoms with Crippen LogP contribution >= 0.6 is 0 Å². The number of ether oxygens (including phenoxy) is 1. The number of aryl methyl sites for hydroxylation is 1. The molecule has 0 radical (unpaired) electrons. The van der Waals surface area contributed by atoms with Crippen molar-refractivity contribution in [3.05, 3.63) is 47.5 Å². The fourth-order valence-corrected chi connectivity index (χ4v) is 3.15. The summed E-state index contributed by atoms with van der Waals surface area (Å²) in [7, 11) is 1.55. The van der Waals surface area contributed by atoms with Gasteiger partial charge in [0.15, 0.2) is 0 Å². The number of nitrogen functional groups attached to an aromatic ring is 1. The number of amides is 1. The molecule has 0 saturated carbocycles. The molecular formula is C19H23N3O2. The van der Waals surface area contributed by atoms with Crippen molar-refractivity contribution in [2.24, 2.45) is 0 Å². The quantitative estimate of drug-likeness (QED) is 0.845. The van der Waals surface area contributed by atoms with Crippen LogP contribution in [0.4, 0.5) is 17.1 Å². The first-order valence-electron chi connectivity index (χ1n) is 8.19. The Morgan fingerprint density at radius 3 is 2.62 bits per heavy atom. The Morgan fingerprint density at radius 2 is 1.92 bits per heavy atom. The lowest BCUT2D eigenvalue weighted by atomic mass is 10.1. The average molecular weight is 325 g/mol. The number of methoxy groups -OCH3 is 1. The van der Waals surface area contributed by atoms with E-state index in [-0.39, 0.29) is 5.91 Å². The summed E-state index contributed by atoms with van der Waals surface area (Å²) in [6.45, 7) is 4.14. The second-order valence-corrected chi connectivity index (χ2v) is 6.07. The highest BCUT2D eigenvalue weighted by Gasteiger charge is 2.18. The second-order valence-electron chi connectivity index (χ2n) is 6.07. The number of benzene rings is 2. The molecule has 5 heteroatoms. The predicted octanol–water partition coefficient (Wildman–Crippen LogP) is 3.44. The molecule has 1 heterocycles. The molecule has 0 aliphatic carbocycles. The molecule has 1 saturated heterocycles. The number of hydrogen-bond donors (Lipinski definition) is 2. The fourth-order valence-electron chi connectivity index (χ4n) is 3.15. The molecule has 1 aliphatic heterocycles. The van der Waals surface area contributed by atoms with Gasteiger partial charge in [-0.3, -0.25) is 4.79 Å². The van der Waals surface area contributed by atoms with Crippen LogP contribution in [-0.4, -0.2) is 26.1 Å². The summed E-state index contributed by atoms with van der Waals surface area (Å²) in [5, 5.41) is 2.92. The van der Waals surface area contributed by atoms with Crippen LogP contribution in [0.25, 0.3) is 0 Å². The number of para-hydroxylation sites is 1. The summed E-state index contributed by atoms with van der Waals surface area (Å²) in [5.74, 6) is 0.316. The van der Waals surface area contributed by atoms with E-state index in [1.165, 1.54) is 12.8 Å². The molecule has 1 aliphatic rings. The number of nitrogens with two attached hydrogens (primary N) is 1. The van der Waals surface area contributed by atoms with Gasteiger partial charge in [0.1, 0.15) is 5.75 Å². The van der Waals surface area contributed by atoms with E-state index in [0.717, 1.165) is 24.3 Å². The number of hydrogen-bond acceptors (Lipinski definition) is 4. The predicted molar refractivity (Wildman–Crippen MR) is 98.0 cm³/mol.